The summed E-state index contributed by atoms with van der Waals surface area (Å²) in [5.74, 6) is -2.63. The van der Waals surface area contributed by atoms with Gasteiger partial charge in [0.05, 0.1) is 0 Å². The summed E-state index contributed by atoms with van der Waals surface area (Å²) in [4.78, 5) is 0. The Kier molecular flexibility index (Phi) is 5.35. The van der Waals surface area contributed by atoms with Crippen LogP contribution in [0.15, 0.2) is 12.1 Å². The molecule has 1 aromatic carbocycles. The largest absolute Gasteiger partial charge is 0.505 e. The summed E-state index contributed by atoms with van der Waals surface area (Å²) >= 11 is 0. The van der Waals surface area contributed by atoms with Gasteiger partial charge in [-0.25, -0.2) is 4.39 Å². The summed E-state index contributed by atoms with van der Waals surface area (Å²) in [5, 5.41) is 9.58. The second kappa shape index (κ2) is 6.34. The molecule has 3 N–H and O–H groups in total. The second-order valence-corrected chi connectivity index (χ2v) is 4.72. The fraction of sp³-hybridized carbons (Fsp3) is 0.538. The molecule has 1 saturated carbocycles. The van der Waals surface area contributed by atoms with Crippen LogP contribution in [-0.4, -0.2) is 5.11 Å². The van der Waals surface area contributed by atoms with Crippen molar-refractivity contribution in [3.8, 4) is 5.75 Å². The van der Waals surface area contributed by atoms with Crippen LogP contribution in [0.4, 0.5) is 8.78 Å². The van der Waals surface area contributed by atoms with E-state index in [9.17, 15) is 13.9 Å². The number of benzene rings is 1. The molecule has 1 aliphatic rings. The van der Waals surface area contributed by atoms with Crippen molar-refractivity contribution in [2.24, 2.45) is 11.7 Å². The van der Waals surface area contributed by atoms with Crippen molar-refractivity contribution in [2.45, 2.75) is 38.1 Å². The van der Waals surface area contributed by atoms with E-state index in [-0.39, 0.29) is 18.3 Å². The van der Waals surface area contributed by atoms with Gasteiger partial charge in [0.25, 0.3) is 0 Å². The lowest BCUT2D eigenvalue weighted by Crippen LogP contribution is -2.23. The predicted octanol–water partition coefficient (Wildman–Crippen LogP) is 3.67. The molecule has 0 unspecified atom stereocenters. The van der Waals surface area contributed by atoms with Crippen LogP contribution in [0.2, 0.25) is 0 Å². The first-order valence-corrected chi connectivity index (χ1v) is 6.03. The van der Waals surface area contributed by atoms with E-state index >= 15 is 0 Å². The number of aromatic hydroxyl groups is 1. The van der Waals surface area contributed by atoms with Crippen LogP contribution in [0.25, 0.3) is 0 Å². The maximum Gasteiger partial charge on any atom is 0.200 e. The number of nitrogens with two attached hydrogens (primary N) is 1. The molecule has 1 fully saturated rings. The van der Waals surface area contributed by atoms with Crippen molar-refractivity contribution >= 4 is 12.4 Å². The number of rotatable bonds is 2. The summed E-state index contributed by atoms with van der Waals surface area (Å²) < 4.78 is 26.1. The van der Waals surface area contributed by atoms with E-state index in [1.165, 1.54) is 12.5 Å². The highest BCUT2D eigenvalue weighted by Crippen LogP contribution is 2.37. The average molecular weight is 278 g/mol. The molecule has 0 amide bonds. The van der Waals surface area contributed by atoms with Gasteiger partial charge in [-0.1, -0.05) is 25.3 Å². The summed E-state index contributed by atoms with van der Waals surface area (Å²) in [7, 11) is 0. The molecule has 0 saturated heterocycles. The Hall–Kier alpha value is -0.870. The smallest absolute Gasteiger partial charge is 0.200 e. The van der Waals surface area contributed by atoms with E-state index in [1.54, 1.807) is 0 Å². The zero-order chi connectivity index (χ0) is 12.4. The number of halogens is 3. The highest BCUT2D eigenvalue weighted by atomic mass is 35.5. The average Bonchev–Trinajstić information content (AvgIpc) is 2.36. The van der Waals surface area contributed by atoms with Gasteiger partial charge in [0.1, 0.15) is 0 Å². The molecule has 0 heterocycles. The van der Waals surface area contributed by atoms with Crippen LogP contribution < -0.4 is 5.73 Å². The van der Waals surface area contributed by atoms with Gasteiger partial charge in [-0.05, 0) is 24.8 Å². The number of phenolic OH excluding ortho intramolecular Hbond substituents is 1. The van der Waals surface area contributed by atoms with Gasteiger partial charge in [0.2, 0.25) is 5.82 Å². The van der Waals surface area contributed by atoms with E-state index in [0.29, 0.717) is 5.56 Å². The van der Waals surface area contributed by atoms with Crippen LogP contribution in [0.3, 0.4) is 0 Å². The SMILES string of the molecule is Cl.N[C@@H](c1ccc(F)c(F)c1O)C1CCCCC1. The second-order valence-electron chi connectivity index (χ2n) is 4.72. The molecule has 0 radical (unpaired) electrons. The van der Waals surface area contributed by atoms with Gasteiger partial charge in [0.15, 0.2) is 11.6 Å². The molecule has 1 aliphatic carbocycles. The maximum absolute atomic E-state index is 13.2. The number of phenols is 1. The van der Waals surface area contributed by atoms with Crippen molar-refractivity contribution in [1.29, 1.82) is 0 Å². The van der Waals surface area contributed by atoms with Crippen molar-refractivity contribution in [3.05, 3.63) is 29.3 Å². The van der Waals surface area contributed by atoms with Gasteiger partial charge in [-0.2, -0.15) is 4.39 Å². The molecule has 0 aliphatic heterocycles. The van der Waals surface area contributed by atoms with Crippen molar-refractivity contribution < 1.29 is 13.9 Å². The van der Waals surface area contributed by atoms with Crippen molar-refractivity contribution in [2.75, 3.05) is 0 Å². The number of hydrogen-bond donors (Lipinski definition) is 2. The van der Waals surface area contributed by atoms with Crippen LogP contribution in [0.1, 0.15) is 43.7 Å². The number of hydrogen-bond acceptors (Lipinski definition) is 2. The third-order valence-corrected chi connectivity index (χ3v) is 3.62. The first-order valence-electron chi connectivity index (χ1n) is 6.03. The quantitative estimate of drug-likeness (QED) is 0.866. The van der Waals surface area contributed by atoms with Gasteiger partial charge in [0, 0.05) is 11.6 Å². The molecule has 5 heteroatoms. The Morgan fingerprint density at radius 3 is 2.39 bits per heavy atom. The fourth-order valence-corrected chi connectivity index (χ4v) is 2.57. The molecule has 1 aromatic rings. The van der Waals surface area contributed by atoms with E-state index in [2.05, 4.69) is 0 Å². The Morgan fingerprint density at radius 2 is 1.78 bits per heavy atom. The highest BCUT2D eigenvalue weighted by Gasteiger charge is 2.25. The fourth-order valence-electron chi connectivity index (χ4n) is 2.57. The van der Waals surface area contributed by atoms with Gasteiger partial charge < -0.3 is 10.8 Å². The third-order valence-electron chi connectivity index (χ3n) is 3.62. The first-order chi connectivity index (χ1) is 8.11. The Labute approximate surface area is 112 Å². The van der Waals surface area contributed by atoms with Gasteiger partial charge in [-0.15, -0.1) is 12.4 Å². The summed E-state index contributed by atoms with van der Waals surface area (Å²) in [6, 6.07) is 1.99. The van der Waals surface area contributed by atoms with Crippen LogP contribution >= 0.6 is 12.4 Å². The van der Waals surface area contributed by atoms with Crippen LogP contribution in [0, 0.1) is 17.6 Å². The van der Waals surface area contributed by atoms with E-state index in [4.69, 9.17) is 5.73 Å². The lowest BCUT2D eigenvalue weighted by molar-refractivity contribution is 0.299. The molecule has 2 rings (SSSR count). The molecule has 2 nitrogen and oxygen atoms in total. The zero-order valence-corrected chi connectivity index (χ0v) is 10.9. The Morgan fingerprint density at radius 1 is 1.17 bits per heavy atom. The van der Waals surface area contributed by atoms with Crippen LogP contribution in [-0.2, 0) is 0 Å². The minimum absolute atomic E-state index is 0. The standard InChI is InChI=1S/C13H17F2NO.ClH/c14-10-7-6-9(13(17)11(10)15)12(16)8-4-2-1-3-5-8;/h6-8,12,17H,1-5,16H2;1H/t12-;/m1./s1. The van der Waals surface area contributed by atoms with Crippen molar-refractivity contribution in [1.82, 2.24) is 0 Å². The normalized spacial score (nSPS) is 18.2. The topological polar surface area (TPSA) is 46.2 Å². The minimum Gasteiger partial charge on any atom is -0.505 e. The Balaban J connectivity index is 0.00000162. The molecular weight excluding hydrogens is 260 g/mol. The molecule has 102 valence electrons. The van der Waals surface area contributed by atoms with E-state index in [0.717, 1.165) is 31.7 Å². The van der Waals surface area contributed by atoms with Gasteiger partial charge >= 0.3 is 0 Å². The van der Waals surface area contributed by atoms with Gasteiger partial charge in [-0.3, -0.25) is 0 Å². The van der Waals surface area contributed by atoms with Crippen molar-refractivity contribution in [3.63, 3.8) is 0 Å². The monoisotopic (exact) mass is 277 g/mol. The van der Waals surface area contributed by atoms with E-state index in [1.807, 2.05) is 0 Å². The Bertz CT molecular complexity index is 408. The van der Waals surface area contributed by atoms with Crippen LogP contribution in [0.5, 0.6) is 5.75 Å². The minimum atomic E-state index is -1.20. The highest BCUT2D eigenvalue weighted by molar-refractivity contribution is 5.85. The molecule has 18 heavy (non-hydrogen) atoms. The lowest BCUT2D eigenvalue weighted by Gasteiger charge is -2.28. The summed E-state index contributed by atoms with van der Waals surface area (Å²) in [6.07, 6.45) is 5.40. The molecule has 1 atom stereocenters. The lowest BCUT2D eigenvalue weighted by atomic mass is 9.81. The third kappa shape index (κ3) is 2.93. The first kappa shape index (κ1) is 15.2. The maximum atomic E-state index is 13.2. The van der Waals surface area contributed by atoms with E-state index < -0.39 is 23.4 Å². The molecule has 0 aromatic heterocycles. The molecular formula is C13H18ClF2NO. The summed E-state index contributed by atoms with van der Waals surface area (Å²) in [6.45, 7) is 0. The molecule has 0 bridgehead atoms. The summed E-state index contributed by atoms with van der Waals surface area (Å²) in [5.41, 5.74) is 6.36. The molecule has 0 spiro atoms. The predicted molar refractivity (Wildman–Crippen MR) is 68.8 cm³/mol. The zero-order valence-electron chi connectivity index (χ0n) is 10.0.